The van der Waals surface area contributed by atoms with Crippen LogP contribution in [0, 0.1) is 11.7 Å². The molecule has 1 aliphatic rings. The molecule has 1 unspecified atom stereocenters. The average Bonchev–Trinajstić information content (AvgIpc) is 3.19. The first-order valence-corrected chi connectivity index (χ1v) is 12.4. The van der Waals surface area contributed by atoms with Crippen LogP contribution in [0.1, 0.15) is 78.1 Å². The van der Waals surface area contributed by atoms with Crippen LogP contribution < -0.4 is 16.8 Å². The first-order valence-electron chi connectivity index (χ1n) is 11.6. The third-order valence-corrected chi connectivity index (χ3v) is 6.86. The monoisotopic (exact) mass is 489 g/mol. The Morgan fingerprint density at radius 1 is 1.18 bits per heavy atom. The third-order valence-electron chi connectivity index (χ3n) is 6.01. The van der Waals surface area contributed by atoms with E-state index in [2.05, 4.69) is 9.69 Å². The van der Waals surface area contributed by atoms with E-state index in [-0.39, 0.29) is 40.7 Å². The van der Waals surface area contributed by atoms with E-state index in [9.17, 15) is 18.8 Å². The normalized spacial score (nSPS) is 15.2. The highest BCUT2D eigenvalue weighted by atomic mass is 32.1. The minimum Gasteiger partial charge on any atom is -0.395 e. The van der Waals surface area contributed by atoms with Gasteiger partial charge in [-0.25, -0.2) is 4.39 Å². The van der Waals surface area contributed by atoms with Gasteiger partial charge in [0, 0.05) is 12.6 Å². The summed E-state index contributed by atoms with van der Waals surface area (Å²) in [6, 6.07) is 5.07. The van der Waals surface area contributed by atoms with Gasteiger partial charge in [-0.2, -0.15) is 4.37 Å². The van der Waals surface area contributed by atoms with Crippen molar-refractivity contribution in [2.24, 2.45) is 11.7 Å². The number of nitrogens with one attached hydrogen (secondary N) is 1. The molecule has 3 rings (SSSR count). The number of aromatic nitrogens is 1. The number of rotatable bonds is 9. The molecule has 2 aromatic rings. The van der Waals surface area contributed by atoms with Gasteiger partial charge in [-0.05, 0) is 54.4 Å². The van der Waals surface area contributed by atoms with Crippen LogP contribution in [0.4, 0.5) is 10.1 Å². The zero-order valence-corrected chi connectivity index (χ0v) is 20.4. The van der Waals surface area contributed by atoms with Crippen molar-refractivity contribution in [1.82, 2.24) is 14.6 Å². The molecule has 0 bridgehead atoms. The van der Waals surface area contributed by atoms with E-state index in [1.54, 1.807) is 12.1 Å². The smallest absolute Gasteiger partial charge is 0.270 e. The largest absolute Gasteiger partial charge is 0.395 e. The van der Waals surface area contributed by atoms with Crippen molar-refractivity contribution in [2.75, 3.05) is 5.73 Å². The lowest BCUT2D eigenvalue weighted by molar-refractivity contribution is -0.127. The Hall–Kier alpha value is -3.01. The fourth-order valence-electron chi connectivity index (χ4n) is 4.24. The maximum absolute atomic E-state index is 13.7. The Morgan fingerprint density at radius 3 is 2.38 bits per heavy atom. The summed E-state index contributed by atoms with van der Waals surface area (Å²) in [6.07, 6.45) is 5.53. The SMILES string of the molecule is CC(C)CC(C(=O)NC1CCCCC1)N(Cc1ccc(F)cc1)C(=O)c1snc(C(N)=O)c1N. The highest BCUT2D eigenvalue weighted by Gasteiger charge is 2.35. The van der Waals surface area contributed by atoms with Crippen LogP contribution in [0.15, 0.2) is 24.3 Å². The number of carbonyl (C=O) groups excluding carboxylic acids is 3. The number of halogens is 1. The van der Waals surface area contributed by atoms with Crippen molar-refractivity contribution in [2.45, 2.75) is 71.0 Å². The lowest BCUT2D eigenvalue weighted by Gasteiger charge is -2.34. The molecule has 5 N–H and O–H groups in total. The number of hydrogen-bond acceptors (Lipinski definition) is 6. The number of nitrogens with two attached hydrogens (primary N) is 2. The zero-order valence-electron chi connectivity index (χ0n) is 19.6. The van der Waals surface area contributed by atoms with Crippen molar-refractivity contribution in [3.63, 3.8) is 0 Å². The summed E-state index contributed by atoms with van der Waals surface area (Å²) in [4.78, 5) is 40.3. The molecule has 0 radical (unpaired) electrons. The standard InChI is InChI=1S/C24H32FN5O3S/c1-14(2)12-18(23(32)28-17-6-4-3-5-7-17)30(13-15-8-10-16(25)11-9-15)24(33)21-19(26)20(22(27)31)29-34-21/h8-11,14,17-18H,3-7,12-13,26H2,1-2H3,(H2,27,31)(H,28,32). The third kappa shape index (κ3) is 6.31. The van der Waals surface area contributed by atoms with E-state index in [0.29, 0.717) is 12.0 Å². The number of anilines is 1. The number of benzene rings is 1. The molecule has 1 heterocycles. The van der Waals surface area contributed by atoms with Crippen LogP contribution in [0.3, 0.4) is 0 Å². The van der Waals surface area contributed by atoms with Gasteiger partial charge < -0.3 is 21.7 Å². The molecule has 10 heteroatoms. The molecular weight excluding hydrogens is 457 g/mol. The Kier molecular flexibility index (Phi) is 8.60. The average molecular weight is 490 g/mol. The fourth-order valence-corrected chi connectivity index (χ4v) is 5.00. The van der Waals surface area contributed by atoms with E-state index >= 15 is 0 Å². The number of nitrogen functional groups attached to an aromatic ring is 1. The van der Waals surface area contributed by atoms with Crippen LogP contribution in [0.2, 0.25) is 0 Å². The first kappa shape index (κ1) is 25.6. The van der Waals surface area contributed by atoms with Gasteiger partial charge in [0.25, 0.3) is 11.8 Å². The Morgan fingerprint density at radius 2 is 1.82 bits per heavy atom. The van der Waals surface area contributed by atoms with Gasteiger partial charge in [-0.1, -0.05) is 45.2 Å². The maximum atomic E-state index is 13.7. The predicted molar refractivity (Wildman–Crippen MR) is 130 cm³/mol. The summed E-state index contributed by atoms with van der Waals surface area (Å²) < 4.78 is 17.4. The molecule has 1 atom stereocenters. The molecule has 1 aliphatic carbocycles. The number of hydrogen-bond donors (Lipinski definition) is 3. The van der Waals surface area contributed by atoms with Gasteiger partial charge in [-0.15, -0.1) is 0 Å². The molecule has 184 valence electrons. The van der Waals surface area contributed by atoms with Gasteiger partial charge in [0.05, 0.1) is 5.69 Å². The van der Waals surface area contributed by atoms with E-state index in [1.165, 1.54) is 17.0 Å². The lowest BCUT2D eigenvalue weighted by Crippen LogP contribution is -2.52. The first-order chi connectivity index (χ1) is 16.2. The van der Waals surface area contributed by atoms with Crippen molar-refractivity contribution in [1.29, 1.82) is 0 Å². The highest BCUT2D eigenvalue weighted by Crippen LogP contribution is 2.27. The molecule has 1 fully saturated rings. The summed E-state index contributed by atoms with van der Waals surface area (Å²) in [7, 11) is 0. The fraction of sp³-hybridized carbons (Fsp3) is 0.500. The molecule has 1 aromatic carbocycles. The van der Waals surface area contributed by atoms with Crippen LogP contribution in [-0.2, 0) is 11.3 Å². The number of nitrogens with zero attached hydrogens (tertiary/aromatic N) is 2. The molecule has 34 heavy (non-hydrogen) atoms. The van der Waals surface area contributed by atoms with Gasteiger partial charge in [0.15, 0.2) is 5.69 Å². The summed E-state index contributed by atoms with van der Waals surface area (Å²) in [5.74, 6) is -1.85. The van der Waals surface area contributed by atoms with Crippen molar-refractivity contribution < 1.29 is 18.8 Å². The molecule has 3 amide bonds. The van der Waals surface area contributed by atoms with Crippen molar-refractivity contribution in [3.05, 3.63) is 46.2 Å². The van der Waals surface area contributed by atoms with E-state index in [4.69, 9.17) is 11.5 Å². The maximum Gasteiger partial charge on any atom is 0.270 e. The second kappa shape index (κ2) is 11.4. The van der Waals surface area contributed by atoms with Crippen molar-refractivity contribution >= 4 is 34.9 Å². The molecule has 8 nitrogen and oxygen atoms in total. The second-order valence-electron chi connectivity index (χ2n) is 9.19. The summed E-state index contributed by atoms with van der Waals surface area (Å²) >= 11 is 0.779. The van der Waals surface area contributed by atoms with Crippen LogP contribution >= 0.6 is 11.5 Å². The van der Waals surface area contributed by atoms with Gasteiger partial charge in [-0.3, -0.25) is 14.4 Å². The molecule has 0 aliphatic heterocycles. The number of amides is 3. The Bertz CT molecular complexity index is 1020. The lowest BCUT2D eigenvalue weighted by atomic mass is 9.94. The van der Waals surface area contributed by atoms with Gasteiger partial charge in [0.1, 0.15) is 16.7 Å². The second-order valence-corrected chi connectivity index (χ2v) is 9.96. The minimum atomic E-state index is -0.827. The molecular formula is C24H32FN5O3S. The van der Waals surface area contributed by atoms with Crippen LogP contribution in [0.5, 0.6) is 0 Å². The van der Waals surface area contributed by atoms with E-state index < -0.39 is 23.7 Å². The van der Waals surface area contributed by atoms with Gasteiger partial charge in [0.2, 0.25) is 5.91 Å². The minimum absolute atomic E-state index is 0.0511. The summed E-state index contributed by atoms with van der Waals surface area (Å²) in [5.41, 5.74) is 11.8. The molecule has 0 spiro atoms. The number of carbonyl (C=O) groups is 3. The van der Waals surface area contributed by atoms with Crippen molar-refractivity contribution in [3.8, 4) is 0 Å². The molecule has 0 saturated heterocycles. The van der Waals surface area contributed by atoms with Crippen LogP contribution in [-0.4, -0.2) is 39.1 Å². The Balaban J connectivity index is 1.97. The zero-order chi connectivity index (χ0) is 24.8. The highest BCUT2D eigenvalue weighted by molar-refractivity contribution is 7.09. The summed E-state index contributed by atoms with van der Waals surface area (Å²) in [6.45, 7) is 4.03. The number of primary amides is 1. The topological polar surface area (TPSA) is 131 Å². The Labute approximate surface area is 203 Å². The van der Waals surface area contributed by atoms with Crippen LogP contribution in [0.25, 0.3) is 0 Å². The predicted octanol–water partition coefficient (Wildman–Crippen LogP) is 3.47. The summed E-state index contributed by atoms with van der Waals surface area (Å²) in [5, 5.41) is 3.13. The van der Waals surface area contributed by atoms with Gasteiger partial charge >= 0.3 is 0 Å². The van der Waals surface area contributed by atoms with E-state index in [0.717, 1.165) is 43.6 Å². The molecule has 1 saturated carbocycles. The quantitative estimate of drug-likeness (QED) is 0.496. The van der Waals surface area contributed by atoms with E-state index in [1.807, 2.05) is 13.8 Å². The molecule has 1 aromatic heterocycles.